The van der Waals surface area contributed by atoms with E-state index in [9.17, 15) is 9.59 Å². The highest BCUT2D eigenvalue weighted by Gasteiger charge is 2.35. The average molecular weight is 442 g/mol. The third-order valence-electron chi connectivity index (χ3n) is 6.29. The second-order valence-corrected chi connectivity index (χ2v) is 10.1. The molecule has 164 valence electrons. The zero-order valence-corrected chi connectivity index (χ0v) is 18.7. The summed E-state index contributed by atoms with van der Waals surface area (Å²) in [6.07, 6.45) is 3.88. The third-order valence-corrected chi connectivity index (χ3v) is 7.33. The number of aromatic nitrogens is 1. The van der Waals surface area contributed by atoms with Gasteiger partial charge < -0.3 is 14.4 Å². The number of benzene rings is 1. The molecule has 8 heteroatoms. The van der Waals surface area contributed by atoms with E-state index < -0.39 is 0 Å². The highest BCUT2D eigenvalue weighted by Crippen LogP contribution is 2.39. The van der Waals surface area contributed by atoms with Crippen LogP contribution in [0.2, 0.25) is 0 Å². The summed E-state index contributed by atoms with van der Waals surface area (Å²) in [5.41, 5.74) is 1.34. The van der Waals surface area contributed by atoms with Crippen molar-refractivity contribution in [2.45, 2.75) is 45.4 Å². The van der Waals surface area contributed by atoms with E-state index in [0.29, 0.717) is 34.0 Å². The van der Waals surface area contributed by atoms with Gasteiger partial charge in [0.2, 0.25) is 12.7 Å². The molecule has 3 atom stereocenters. The quantitative estimate of drug-likeness (QED) is 0.777. The van der Waals surface area contributed by atoms with Crippen LogP contribution < -0.4 is 14.8 Å². The molecule has 2 aliphatic heterocycles. The SMILES string of the molecule is C[C@H]1C[C@H](C)CN(C(=O)[C@@H]2CCCc3sc(NC(=O)c4ccc5c(c4)OCO5)nc32)C1. The average Bonchev–Trinajstić information content (AvgIpc) is 3.37. The smallest absolute Gasteiger partial charge is 0.257 e. The molecular weight excluding hydrogens is 414 g/mol. The molecule has 0 unspecified atom stereocenters. The van der Waals surface area contributed by atoms with E-state index >= 15 is 0 Å². The van der Waals surface area contributed by atoms with Crippen LogP contribution in [0.3, 0.4) is 0 Å². The first-order chi connectivity index (χ1) is 15.0. The number of ether oxygens (including phenoxy) is 2. The van der Waals surface area contributed by atoms with Crippen LogP contribution in [-0.4, -0.2) is 41.6 Å². The number of amides is 2. The van der Waals surface area contributed by atoms with E-state index in [0.717, 1.165) is 42.9 Å². The van der Waals surface area contributed by atoms with Crippen molar-refractivity contribution in [1.29, 1.82) is 0 Å². The Hall–Kier alpha value is -2.61. The van der Waals surface area contributed by atoms with Gasteiger partial charge in [0.25, 0.3) is 5.91 Å². The molecule has 31 heavy (non-hydrogen) atoms. The van der Waals surface area contributed by atoms with Gasteiger partial charge in [-0.15, -0.1) is 11.3 Å². The molecule has 2 aromatic rings. The van der Waals surface area contributed by atoms with Crippen LogP contribution in [0.5, 0.6) is 11.5 Å². The Balaban J connectivity index is 1.33. The van der Waals surface area contributed by atoms with Gasteiger partial charge in [0.1, 0.15) is 0 Å². The summed E-state index contributed by atoms with van der Waals surface area (Å²) in [5.74, 6) is 2.02. The van der Waals surface area contributed by atoms with E-state index in [1.54, 1.807) is 18.2 Å². The second kappa shape index (κ2) is 8.15. The van der Waals surface area contributed by atoms with E-state index in [1.165, 1.54) is 17.8 Å². The van der Waals surface area contributed by atoms with Crippen molar-refractivity contribution >= 4 is 28.3 Å². The van der Waals surface area contributed by atoms with Crippen molar-refractivity contribution < 1.29 is 19.1 Å². The molecule has 2 amide bonds. The fraction of sp³-hybridized carbons (Fsp3) is 0.522. The maximum Gasteiger partial charge on any atom is 0.257 e. The molecule has 1 fully saturated rings. The number of fused-ring (bicyclic) bond motifs is 2. The lowest BCUT2D eigenvalue weighted by Gasteiger charge is -2.37. The van der Waals surface area contributed by atoms with E-state index in [-0.39, 0.29) is 24.5 Å². The van der Waals surface area contributed by atoms with Crippen molar-refractivity contribution in [1.82, 2.24) is 9.88 Å². The minimum atomic E-state index is -0.244. The van der Waals surface area contributed by atoms with Crippen LogP contribution in [0.1, 0.15) is 60.0 Å². The fourth-order valence-electron chi connectivity index (χ4n) is 4.98. The summed E-state index contributed by atoms with van der Waals surface area (Å²) < 4.78 is 10.7. The molecule has 1 aromatic carbocycles. The van der Waals surface area contributed by atoms with Crippen LogP contribution in [0.15, 0.2) is 18.2 Å². The van der Waals surface area contributed by atoms with Gasteiger partial charge in [0.15, 0.2) is 16.6 Å². The van der Waals surface area contributed by atoms with E-state index in [4.69, 9.17) is 14.5 Å². The van der Waals surface area contributed by atoms with Gasteiger partial charge in [-0.2, -0.15) is 0 Å². The number of carbonyl (C=O) groups excluding carboxylic acids is 2. The van der Waals surface area contributed by atoms with Crippen molar-refractivity contribution in [3.8, 4) is 11.5 Å². The zero-order chi connectivity index (χ0) is 21.5. The maximum absolute atomic E-state index is 13.3. The first kappa shape index (κ1) is 20.3. The van der Waals surface area contributed by atoms with Gasteiger partial charge in [-0.3, -0.25) is 14.9 Å². The zero-order valence-electron chi connectivity index (χ0n) is 17.8. The van der Waals surface area contributed by atoms with E-state index in [2.05, 4.69) is 19.2 Å². The van der Waals surface area contributed by atoms with Gasteiger partial charge in [-0.05, 0) is 55.7 Å². The normalized spacial score (nSPS) is 24.6. The number of hydrogen-bond donors (Lipinski definition) is 1. The standard InChI is InChI=1S/C23H27N3O4S/c1-13-8-14(2)11-26(10-13)22(28)16-4-3-5-19-20(16)24-23(31-19)25-21(27)15-6-7-17-18(9-15)30-12-29-17/h6-7,9,13-14,16H,3-5,8,10-12H2,1-2H3,(H,24,25,27)/t13-,14-,16+/m0/s1. The molecule has 1 N–H and O–H groups in total. The Morgan fingerprint density at radius 1 is 1.16 bits per heavy atom. The number of nitrogens with one attached hydrogen (secondary N) is 1. The van der Waals surface area contributed by atoms with Gasteiger partial charge in [-0.25, -0.2) is 4.98 Å². The Kier molecular flexibility index (Phi) is 5.33. The molecule has 0 spiro atoms. The predicted octanol–water partition coefficient (Wildman–Crippen LogP) is 4.05. The number of anilines is 1. The van der Waals surface area contributed by atoms with Gasteiger partial charge in [-0.1, -0.05) is 13.8 Å². The molecule has 0 bridgehead atoms. The summed E-state index contributed by atoms with van der Waals surface area (Å²) in [6, 6.07) is 5.12. The maximum atomic E-state index is 13.3. The van der Waals surface area contributed by atoms with Crippen LogP contribution in [0.4, 0.5) is 5.13 Å². The number of piperidine rings is 1. The van der Waals surface area contributed by atoms with Crippen molar-refractivity contribution in [2.24, 2.45) is 11.8 Å². The number of rotatable bonds is 3. The Bertz CT molecular complexity index is 1010. The van der Waals surface area contributed by atoms with Gasteiger partial charge >= 0.3 is 0 Å². The molecule has 3 aliphatic rings. The lowest BCUT2D eigenvalue weighted by Crippen LogP contribution is -2.45. The number of carbonyl (C=O) groups is 2. The molecule has 5 rings (SSSR count). The molecule has 0 saturated carbocycles. The molecule has 7 nitrogen and oxygen atoms in total. The Morgan fingerprint density at radius 2 is 1.94 bits per heavy atom. The topological polar surface area (TPSA) is 80.8 Å². The summed E-state index contributed by atoms with van der Waals surface area (Å²) in [4.78, 5) is 33.9. The van der Waals surface area contributed by atoms with Gasteiger partial charge in [0, 0.05) is 23.5 Å². The number of thiazole rings is 1. The summed E-state index contributed by atoms with van der Waals surface area (Å²) >= 11 is 1.48. The molecule has 0 radical (unpaired) electrons. The largest absolute Gasteiger partial charge is 0.454 e. The van der Waals surface area contributed by atoms with Crippen LogP contribution in [0.25, 0.3) is 0 Å². The second-order valence-electron chi connectivity index (χ2n) is 8.98. The Labute approximate surface area is 185 Å². The first-order valence-electron chi connectivity index (χ1n) is 11.0. The predicted molar refractivity (Wildman–Crippen MR) is 118 cm³/mol. The van der Waals surface area contributed by atoms with Crippen molar-refractivity contribution in [3.63, 3.8) is 0 Å². The van der Waals surface area contributed by atoms with Gasteiger partial charge in [0.05, 0.1) is 11.6 Å². The first-order valence-corrected chi connectivity index (χ1v) is 11.8. The van der Waals surface area contributed by atoms with Crippen molar-refractivity contribution in [2.75, 3.05) is 25.2 Å². The summed E-state index contributed by atoms with van der Waals surface area (Å²) in [6.45, 7) is 6.26. The molecular formula is C23H27N3O4S. The Morgan fingerprint density at radius 3 is 2.74 bits per heavy atom. The number of likely N-dealkylation sites (tertiary alicyclic amines) is 1. The van der Waals surface area contributed by atoms with Crippen LogP contribution in [-0.2, 0) is 11.2 Å². The lowest BCUT2D eigenvalue weighted by atomic mass is 9.87. The third kappa shape index (κ3) is 4.01. The van der Waals surface area contributed by atoms with Crippen LogP contribution >= 0.6 is 11.3 Å². The highest BCUT2D eigenvalue weighted by atomic mass is 32.1. The van der Waals surface area contributed by atoms with Crippen molar-refractivity contribution in [3.05, 3.63) is 34.3 Å². The molecule has 1 aromatic heterocycles. The van der Waals surface area contributed by atoms with Crippen LogP contribution in [0, 0.1) is 11.8 Å². The number of hydrogen-bond acceptors (Lipinski definition) is 6. The summed E-state index contributed by atoms with van der Waals surface area (Å²) in [5, 5.41) is 3.46. The summed E-state index contributed by atoms with van der Waals surface area (Å²) in [7, 11) is 0. The lowest BCUT2D eigenvalue weighted by molar-refractivity contribution is -0.136. The number of nitrogens with zero attached hydrogens (tertiary/aromatic N) is 2. The monoisotopic (exact) mass is 441 g/mol. The minimum Gasteiger partial charge on any atom is -0.454 e. The minimum absolute atomic E-state index is 0.170. The van der Waals surface area contributed by atoms with E-state index in [1.807, 2.05) is 4.90 Å². The highest BCUT2D eigenvalue weighted by molar-refractivity contribution is 7.16. The molecule has 3 heterocycles. The number of aryl methyl sites for hydroxylation is 1. The molecule has 1 aliphatic carbocycles. The molecule has 1 saturated heterocycles. The fourth-order valence-corrected chi connectivity index (χ4v) is 6.04.